The highest BCUT2D eigenvalue weighted by molar-refractivity contribution is 5.23. The predicted molar refractivity (Wildman–Crippen MR) is 51.1 cm³/mol. The Morgan fingerprint density at radius 2 is 2.31 bits per heavy atom. The molecule has 0 bridgehead atoms. The zero-order valence-corrected chi connectivity index (χ0v) is 8.16. The molecule has 0 fully saturated rings. The van der Waals surface area contributed by atoms with Crippen LogP contribution in [0.2, 0.25) is 0 Å². The van der Waals surface area contributed by atoms with E-state index >= 15 is 0 Å². The summed E-state index contributed by atoms with van der Waals surface area (Å²) in [5.41, 5.74) is 0.726. The van der Waals surface area contributed by atoms with Crippen LogP contribution in [-0.2, 0) is 0 Å². The van der Waals surface area contributed by atoms with Crippen LogP contribution < -0.4 is 5.23 Å². The molecule has 1 unspecified atom stereocenters. The molecular weight excluding hydrogens is 166 g/mol. The molecule has 0 aromatic carbocycles. The SMILES string of the molecule is C=C1C=C[C@@H](C(C)C)C[C@H]1[NH+]([O-])O. The Bertz CT molecular complexity index is 221. The van der Waals surface area contributed by atoms with E-state index in [4.69, 9.17) is 5.21 Å². The summed E-state index contributed by atoms with van der Waals surface area (Å²) < 4.78 is 0. The lowest BCUT2D eigenvalue weighted by atomic mass is 9.82. The standard InChI is InChI=1S/C10H17NO2/c1-7(2)9-5-4-8(3)10(6-9)11(12)13/h4-5,7,9-12H,3,6H2,1-2H3/t9-,10-/m1/s1. The van der Waals surface area contributed by atoms with E-state index in [1.54, 1.807) is 0 Å². The molecule has 0 saturated carbocycles. The number of rotatable bonds is 2. The highest BCUT2D eigenvalue weighted by Gasteiger charge is 2.26. The van der Waals surface area contributed by atoms with E-state index in [-0.39, 0.29) is 6.04 Å². The second-order valence-corrected chi connectivity index (χ2v) is 3.97. The van der Waals surface area contributed by atoms with E-state index in [1.807, 2.05) is 6.08 Å². The van der Waals surface area contributed by atoms with Gasteiger partial charge in [0.1, 0.15) is 6.04 Å². The van der Waals surface area contributed by atoms with Crippen LogP contribution in [0.5, 0.6) is 0 Å². The van der Waals surface area contributed by atoms with Crippen LogP contribution in [0.1, 0.15) is 20.3 Å². The zero-order chi connectivity index (χ0) is 10.0. The third-order valence-electron chi connectivity index (χ3n) is 2.67. The predicted octanol–water partition coefficient (Wildman–Crippen LogP) is 0.915. The number of allylic oxidation sites excluding steroid dienone is 1. The lowest BCUT2D eigenvalue weighted by Gasteiger charge is -2.31. The highest BCUT2D eigenvalue weighted by atomic mass is 16.8. The number of nitrogens with one attached hydrogen (secondary N) is 1. The van der Waals surface area contributed by atoms with Crippen molar-refractivity contribution in [2.45, 2.75) is 26.3 Å². The summed E-state index contributed by atoms with van der Waals surface area (Å²) in [5.74, 6) is 0.887. The minimum Gasteiger partial charge on any atom is -0.600 e. The van der Waals surface area contributed by atoms with Crippen molar-refractivity contribution in [1.29, 1.82) is 0 Å². The first-order chi connectivity index (χ1) is 6.02. The summed E-state index contributed by atoms with van der Waals surface area (Å²) >= 11 is 0. The fraction of sp³-hybridized carbons (Fsp3) is 0.600. The van der Waals surface area contributed by atoms with Crippen LogP contribution >= 0.6 is 0 Å². The van der Waals surface area contributed by atoms with Crippen molar-refractivity contribution in [2.24, 2.45) is 11.8 Å². The Balaban J connectivity index is 2.71. The Kier molecular flexibility index (Phi) is 3.25. The molecule has 1 aliphatic rings. The number of hydrogen-bond donors (Lipinski definition) is 2. The molecule has 3 atom stereocenters. The van der Waals surface area contributed by atoms with Crippen molar-refractivity contribution in [3.8, 4) is 0 Å². The molecule has 0 amide bonds. The number of quaternary nitrogens is 1. The van der Waals surface area contributed by atoms with Gasteiger partial charge in [0, 0.05) is 12.0 Å². The minimum atomic E-state index is -0.750. The molecule has 3 nitrogen and oxygen atoms in total. The monoisotopic (exact) mass is 183 g/mol. The van der Waals surface area contributed by atoms with Crippen LogP contribution in [0.25, 0.3) is 0 Å². The Morgan fingerprint density at radius 1 is 1.69 bits per heavy atom. The molecule has 0 aliphatic heterocycles. The van der Waals surface area contributed by atoms with E-state index < -0.39 is 5.23 Å². The summed E-state index contributed by atoms with van der Waals surface area (Å²) in [4.78, 5) is 0. The van der Waals surface area contributed by atoms with Crippen LogP contribution in [0, 0.1) is 17.0 Å². The van der Waals surface area contributed by atoms with Crippen LogP contribution in [0.15, 0.2) is 24.3 Å². The van der Waals surface area contributed by atoms with Crippen LogP contribution in [-0.4, -0.2) is 11.2 Å². The second-order valence-electron chi connectivity index (χ2n) is 3.97. The second kappa shape index (κ2) is 4.05. The van der Waals surface area contributed by atoms with Gasteiger partial charge in [-0.15, -0.1) is 0 Å². The van der Waals surface area contributed by atoms with Crippen molar-refractivity contribution in [1.82, 2.24) is 0 Å². The lowest BCUT2D eigenvalue weighted by Crippen LogP contribution is -3.09. The molecule has 0 heterocycles. The molecule has 0 aromatic heterocycles. The van der Waals surface area contributed by atoms with Gasteiger partial charge >= 0.3 is 0 Å². The fourth-order valence-corrected chi connectivity index (χ4v) is 1.62. The number of hydroxylamine groups is 2. The van der Waals surface area contributed by atoms with Gasteiger partial charge in [-0.05, 0) is 11.8 Å². The molecule has 1 rings (SSSR count). The summed E-state index contributed by atoms with van der Waals surface area (Å²) in [6, 6.07) is -0.377. The van der Waals surface area contributed by atoms with Crippen molar-refractivity contribution in [3.63, 3.8) is 0 Å². The first kappa shape index (κ1) is 10.4. The maximum absolute atomic E-state index is 10.8. The highest BCUT2D eigenvalue weighted by Crippen LogP contribution is 2.25. The molecule has 3 heteroatoms. The molecule has 0 aromatic rings. The molecule has 1 aliphatic carbocycles. The number of hydrogen-bond acceptors (Lipinski definition) is 2. The maximum Gasteiger partial charge on any atom is 0.142 e. The van der Waals surface area contributed by atoms with Gasteiger partial charge in [0.2, 0.25) is 0 Å². The molecule has 0 radical (unpaired) electrons. The summed E-state index contributed by atoms with van der Waals surface area (Å²) in [7, 11) is 0. The fourth-order valence-electron chi connectivity index (χ4n) is 1.62. The van der Waals surface area contributed by atoms with E-state index in [0.717, 1.165) is 5.57 Å². The average molecular weight is 183 g/mol. The summed E-state index contributed by atoms with van der Waals surface area (Å²) in [5, 5.41) is 19.0. The van der Waals surface area contributed by atoms with E-state index in [2.05, 4.69) is 26.5 Å². The third kappa shape index (κ3) is 2.40. The maximum atomic E-state index is 10.8. The van der Waals surface area contributed by atoms with E-state index in [0.29, 0.717) is 18.3 Å². The van der Waals surface area contributed by atoms with Gasteiger partial charge in [0.25, 0.3) is 0 Å². The molecular formula is C10H17NO2. The first-order valence-corrected chi connectivity index (χ1v) is 4.62. The Hall–Kier alpha value is -0.640. The normalized spacial score (nSPS) is 31.0. The van der Waals surface area contributed by atoms with Crippen molar-refractivity contribution in [2.75, 3.05) is 0 Å². The van der Waals surface area contributed by atoms with Gasteiger partial charge in [-0.2, -0.15) is 0 Å². The Labute approximate surface area is 78.9 Å². The molecule has 13 heavy (non-hydrogen) atoms. The van der Waals surface area contributed by atoms with Gasteiger partial charge in [-0.1, -0.05) is 32.6 Å². The average Bonchev–Trinajstić information content (AvgIpc) is 2.04. The summed E-state index contributed by atoms with van der Waals surface area (Å²) in [6.07, 6.45) is 4.63. The van der Waals surface area contributed by atoms with E-state index in [9.17, 15) is 5.21 Å². The first-order valence-electron chi connectivity index (χ1n) is 4.62. The van der Waals surface area contributed by atoms with Gasteiger partial charge in [0.05, 0.1) is 0 Å². The molecule has 74 valence electrons. The molecule has 2 N–H and O–H groups in total. The van der Waals surface area contributed by atoms with E-state index in [1.165, 1.54) is 0 Å². The van der Waals surface area contributed by atoms with Crippen molar-refractivity contribution >= 4 is 0 Å². The van der Waals surface area contributed by atoms with Crippen LogP contribution in [0.3, 0.4) is 0 Å². The van der Waals surface area contributed by atoms with Gasteiger partial charge < -0.3 is 5.21 Å². The topological polar surface area (TPSA) is 47.7 Å². The molecule has 0 spiro atoms. The lowest BCUT2D eigenvalue weighted by molar-refractivity contribution is -1.06. The smallest absolute Gasteiger partial charge is 0.142 e. The third-order valence-corrected chi connectivity index (χ3v) is 2.67. The Morgan fingerprint density at radius 3 is 2.77 bits per heavy atom. The van der Waals surface area contributed by atoms with Crippen LogP contribution in [0.4, 0.5) is 0 Å². The minimum absolute atomic E-state index is 0.377. The van der Waals surface area contributed by atoms with Gasteiger partial charge in [-0.3, -0.25) is 0 Å². The quantitative estimate of drug-likeness (QED) is 0.625. The van der Waals surface area contributed by atoms with Crippen molar-refractivity contribution < 1.29 is 10.4 Å². The van der Waals surface area contributed by atoms with Gasteiger partial charge in [-0.25, -0.2) is 10.4 Å². The summed E-state index contributed by atoms with van der Waals surface area (Å²) in [6.45, 7) is 7.97. The zero-order valence-electron chi connectivity index (χ0n) is 8.16. The largest absolute Gasteiger partial charge is 0.600 e. The molecule has 0 saturated heterocycles. The van der Waals surface area contributed by atoms with Crippen molar-refractivity contribution in [3.05, 3.63) is 29.5 Å². The van der Waals surface area contributed by atoms with Gasteiger partial charge in [0.15, 0.2) is 0 Å².